The minimum absolute atomic E-state index is 0.00165. The zero-order valence-electron chi connectivity index (χ0n) is 117. The van der Waals surface area contributed by atoms with Crippen LogP contribution in [0.1, 0.15) is 251 Å². The average molecular weight is 2110 g/mol. The minimum Gasteiger partial charge on any atom is -0.394 e. The molecule has 8 aliphatic carbocycles. The number of anilines is 4. The average Bonchev–Trinajstić information content (AvgIpc) is 1.48. The minimum atomic E-state index is -4.28. The summed E-state index contributed by atoms with van der Waals surface area (Å²) >= 11 is 4.40. The van der Waals surface area contributed by atoms with Crippen molar-refractivity contribution in [3.05, 3.63) is 141 Å². The molecule has 24 atom stereocenters. The van der Waals surface area contributed by atoms with Crippen molar-refractivity contribution >= 4 is 115 Å². The summed E-state index contributed by atoms with van der Waals surface area (Å²) in [6, 6.07) is -1.18. The second kappa shape index (κ2) is 47.3. The fourth-order valence-corrected chi connectivity index (χ4v) is 17.2. The van der Waals surface area contributed by atoms with Gasteiger partial charge in [-0.25, -0.2) is 76.2 Å². The molecule has 40 nitrogen and oxygen atoms in total. The van der Waals surface area contributed by atoms with Gasteiger partial charge in [-0.05, 0) is 148 Å². The number of hydrogen-bond donors (Lipinski definition) is 16. The largest absolute Gasteiger partial charge is 0.394 e. The van der Waals surface area contributed by atoms with Crippen LogP contribution in [0.5, 0.6) is 0 Å². The zero-order valence-corrected chi connectivity index (χ0v) is 80.4. The molecule has 8 fully saturated rings. The number of benzene rings is 4. The quantitative estimate of drug-likeness (QED) is 0.00969. The number of nitrogens with one attached hydrogen (secondary N) is 4. The van der Waals surface area contributed by atoms with E-state index in [1.54, 1.807) is 58.0 Å². The molecule has 8 aliphatic rings. The maximum atomic E-state index is 14.3. The van der Waals surface area contributed by atoms with Gasteiger partial charge in [0, 0.05) is 118 Å². The van der Waals surface area contributed by atoms with Gasteiger partial charge in [0.15, 0.2) is 88.6 Å². The van der Waals surface area contributed by atoms with Crippen LogP contribution in [0.3, 0.4) is 0 Å². The Labute approximate surface area is 899 Å². The van der Waals surface area contributed by atoms with Crippen LogP contribution in [-0.2, 0) is 18.9 Å². The number of fused-ring (bicyclic) bond motifs is 4. The number of thioether (sulfide) groups is 4. The fraction of sp³-hybridized carbons (Fsp3) is 0.583. The van der Waals surface area contributed by atoms with E-state index < -0.39 is 294 Å². The van der Waals surface area contributed by atoms with Crippen LogP contribution in [0.15, 0.2) is 93.4 Å². The number of aliphatic hydroxyl groups excluding tert-OH is 2. The highest BCUT2D eigenvalue weighted by atomic mass is 32.2. The molecule has 0 spiro atoms. The van der Waals surface area contributed by atoms with Gasteiger partial charge in [-0.2, -0.15) is 0 Å². The number of aliphatic hydroxyl groups is 12. The molecule has 0 radical (unpaired) electrons. The first-order chi connectivity index (χ1) is 84.1. The predicted molar refractivity (Wildman–Crippen MR) is 530 cm³/mol. The molecule has 20 rings (SSSR count). The van der Waals surface area contributed by atoms with E-state index in [9.17, 15) is 78.8 Å². The van der Waals surface area contributed by atoms with Crippen LogP contribution in [-0.4, -0.2) is 334 Å². The zero-order chi connectivity index (χ0) is 138. The number of aromatic nitrogens is 20. The molecule has 0 bridgehead atoms. The molecular formula is C96H124F4N24O16S4. The van der Waals surface area contributed by atoms with Crippen LogP contribution in [0.4, 0.5) is 40.8 Å². The molecule has 8 saturated carbocycles. The lowest BCUT2D eigenvalue weighted by molar-refractivity contribution is -0.0629. The van der Waals surface area contributed by atoms with Crippen molar-refractivity contribution in [2.45, 2.75) is 298 Å². The van der Waals surface area contributed by atoms with Gasteiger partial charge in [-0.3, -0.25) is 0 Å². The molecule has 0 aliphatic heterocycles. The Morgan fingerprint density at radius 2 is 0.604 bits per heavy atom. The van der Waals surface area contributed by atoms with Gasteiger partial charge in [-0.15, -0.1) is 20.4 Å². The number of aryl methyl sites for hydroxylation is 4. The van der Waals surface area contributed by atoms with Gasteiger partial charge in [-0.1, -0.05) is 144 Å². The normalized spacial score (nSPS) is 43.1. The first-order valence-electron chi connectivity index (χ1n) is 64.4. The summed E-state index contributed by atoms with van der Waals surface area (Å²) in [5.74, 6) is -4.12. The molecule has 144 heavy (non-hydrogen) atoms. The highest BCUT2D eigenvalue weighted by molar-refractivity contribution is 7.99. The Balaban J connectivity index is 0.000000161. The number of hydrogen-bond acceptors (Lipinski definition) is 40. The van der Waals surface area contributed by atoms with Gasteiger partial charge >= 0.3 is 0 Å². The molecule has 16 N–H and O–H groups in total. The van der Waals surface area contributed by atoms with Gasteiger partial charge in [0.25, 0.3) is 0 Å². The number of nitrogens with zero attached hydrogens (tertiary/aromatic N) is 20. The third kappa shape index (κ3) is 23.8. The van der Waals surface area contributed by atoms with Crippen LogP contribution in [0.25, 0.3) is 44.7 Å². The molecule has 0 unspecified atom stereocenters. The van der Waals surface area contributed by atoms with Crippen molar-refractivity contribution in [1.82, 2.24) is 99.8 Å². The summed E-state index contributed by atoms with van der Waals surface area (Å²) in [5, 5.41) is 168. The summed E-state index contributed by atoms with van der Waals surface area (Å²) < 4.78 is 413. The topological polar surface area (TPSA) is 554 Å². The van der Waals surface area contributed by atoms with Crippen molar-refractivity contribution in [3.63, 3.8) is 0 Å². The fourth-order valence-electron chi connectivity index (χ4n) is 14.4. The van der Waals surface area contributed by atoms with Gasteiger partial charge in [0.1, 0.15) is 71.9 Å². The summed E-state index contributed by atoms with van der Waals surface area (Å²) in [5.41, 5.74) is -0.260. The van der Waals surface area contributed by atoms with E-state index in [0.717, 1.165) is 47.0 Å². The maximum absolute atomic E-state index is 14.3. The molecule has 12 aromatic rings. The SMILES string of the molecule is [2H]C([2H])(CO)O[C@@]1([2H])C([2H])([2H])[C@@]([2H])(n2nnc3c(N[C@H]4[C@H](c5ccc(C)c(F)c5)C4([2H])[2H])nc(SCCC)nc32)[C@]([2H])(O)[C@]1([2H])O.[2H]C([2H])(O)CO[C@@]1([2H])C([2H])([2H])[C@@]([2H])(n2nnc3c(N[C@H]4[C@H](c5ccc(C)c(F)c5)C4([2H])[2H])nc(SCCC)nc32)[C@]([2H])(O)[C@]1([2H])O.[2H]C1([2H])[C@@H](Nc2nc(SCCC)nc3c2nnn3[C@]2([2H])C([2H])([2H])[C@]([2H])(OC([2H])([2H])C([2H])([2H])O)[C@@]([2H])(O)[C@@]2([2H])O)[C@@H]1c1ccc(C)c(F)c1.[2H]C1([2H])[C@@H](Nc2nc(SCCC)nc3c2nnn3[C@]2([2H])C([2H])([2H])[C@]([2H])(OCCO)[C@@]([2H])(O)[C@@]2([2H])O)[C@@H]1c1ccc(C)c(F)c1. The second-order valence-corrected chi connectivity index (χ2v) is 36.6. The van der Waals surface area contributed by atoms with Crippen molar-refractivity contribution in [1.29, 1.82) is 0 Å². The molecule has 8 aromatic heterocycles. The summed E-state index contributed by atoms with van der Waals surface area (Å²) in [6.07, 6.45) is -67.7. The van der Waals surface area contributed by atoms with E-state index >= 15 is 0 Å². The van der Waals surface area contributed by atoms with E-state index in [1.165, 1.54) is 42.5 Å². The molecule has 48 heteroatoms. The lowest BCUT2D eigenvalue weighted by Gasteiger charge is -2.17. The first kappa shape index (κ1) is 66.0. The number of rotatable bonds is 40. The number of ether oxygens (including phenoxy) is 4. The van der Waals surface area contributed by atoms with Gasteiger partial charge in [0.2, 0.25) is 0 Å². The predicted octanol–water partition coefficient (Wildman–Crippen LogP) is 8.73. The first-order valence-corrected chi connectivity index (χ1v) is 48.4. The van der Waals surface area contributed by atoms with Crippen LogP contribution >= 0.6 is 47.0 Å². The third-order valence-electron chi connectivity index (χ3n) is 22.1. The summed E-state index contributed by atoms with van der Waals surface area (Å²) in [7, 11) is 0. The Morgan fingerprint density at radius 1 is 0.347 bits per heavy atom. The molecule has 8 heterocycles. The Hall–Kier alpha value is -9.52. The van der Waals surface area contributed by atoms with E-state index in [2.05, 4.69) is 107 Å². The van der Waals surface area contributed by atoms with E-state index in [-0.39, 0.29) is 75.3 Å². The van der Waals surface area contributed by atoms with E-state index in [1.807, 2.05) is 27.7 Å². The van der Waals surface area contributed by atoms with Crippen LogP contribution in [0.2, 0.25) is 0 Å². The molecule has 776 valence electrons. The second-order valence-electron chi connectivity index (χ2n) is 32.3. The maximum Gasteiger partial charge on any atom is 0.191 e. The Kier molecular flexibility index (Phi) is 21.7. The van der Waals surface area contributed by atoms with Crippen LogP contribution < -0.4 is 21.3 Å². The standard InChI is InChI=1S/4C24H31FN6O4S/c4*1-3-8-36-24-27-22(26-16-10-14(16)13-5-4-12(2)15(25)9-13)19-23(28-24)31(30-29-19)17-11-18(35-7-6-32)21(34)20(17)33/h4*4-5,9,14,16-18,20-21,32-34H,3,6-8,10-11H2,1-2H3,(H,26,27,28)/t4*14-,16+,17+,18-,20-,21+/m0000/s1/i6D2,7D2,10D2,11D2,17D,18D,20D,21D;7D2,10D2,11D2,17D,18D,20D,21D;6D2,10D2,11D2,17D,18D,20D,21D;10D2,11D2,17D,18D,20D,21D. The van der Waals surface area contributed by atoms with Gasteiger partial charge in [0.05, 0.1) is 134 Å². The van der Waals surface area contributed by atoms with Gasteiger partial charge < -0.3 is 101 Å². The van der Waals surface area contributed by atoms with Crippen molar-refractivity contribution in [2.75, 3.05) is 96.9 Å². The number of halogens is 4. The highest BCUT2D eigenvalue weighted by Crippen LogP contribution is 2.50. The lowest BCUT2D eigenvalue weighted by atomic mass is 10.1. The summed E-state index contributed by atoms with van der Waals surface area (Å²) in [6.45, 7) is -5.21. The van der Waals surface area contributed by atoms with Crippen LogP contribution in [0, 0.1) is 51.0 Å². The Bertz CT molecular complexity index is 8660. The van der Waals surface area contributed by atoms with Crippen molar-refractivity contribution in [3.8, 4) is 0 Å². The lowest BCUT2D eigenvalue weighted by Crippen LogP contribution is -2.33. The Morgan fingerprint density at radius 3 is 0.840 bits per heavy atom. The highest BCUT2D eigenvalue weighted by Gasteiger charge is 2.51. The molecule has 4 aromatic carbocycles. The summed E-state index contributed by atoms with van der Waals surface area (Å²) in [4.78, 5) is 34.7. The molecule has 0 saturated heterocycles. The molecular weight excluding hydrogens is 1950 g/mol. The van der Waals surface area contributed by atoms with Crippen molar-refractivity contribution < 1.29 is 153 Å². The van der Waals surface area contributed by atoms with E-state index in [4.69, 9.17) is 69.0 Å². The van der Waals surface area contributed by atoms with E-state index in [0.29, 0.717) is 103 Å². The smallest absolute Gasteiger partial charge is 0.191 e. The molecule has 0 amide bonds. The van der Waals surface area contributed by atoms with Crippen molar-refractivity contribution in [2.24, 2.45) is 0 Å². The monoisotopic (exact) mass is 2110 g/mol. The third-order valence-corrected chi connectivity index (χ3v) is 26.3.